The normalized spacial score (nSPS) is 15.5. The number of hydrogen-bond acceptors (Lipinski definition) is 11. The Morgan fingerprint density at radius 2 is 1.18 bits per heavy atom. The van der Waals surface area contributed by atoms with Crippen LogP contribution >= 0.6 is 7.82 Å². The van der Waals surface area contributed by atoms with E-state index in [2.05, 4.69) is 73.1 Å². The summed E-state index contributed by atoms with van der Waals surface area (Å²) in [6, 6.07) is -1.55. The minimum absolute atomic E-state index is 0.0743. The van der Waals surface area contributed by atoms with Crippen LogP contribution in [-0.4, -0.2) is 82.3 Å². The zero-order valence-electron chi connectivity index (χ0n) is 33.9. The number of phosphoric acid groups is 1. The molecule has 0 aromatic rings. The number of unbranched alkanes of at least 4 members (excludes halogenated alkanes) is 9. The smallest absolute Gasteiger partial charge is 0.472 e. The Balaban J connectivity index is 4.60. The van der Waals surface area contributed by atoms with E-state index in [9.17, 15) is 34.1 Å². The molecule has 0 radical (unpaired) electrons. The molecule has 56 heavy (non-hydrogen) atoms. The van der Waals surface area contributed by atoms with Crippen LogP contribution in [0.2, 0.25) is 0 Å². The van der Waals surface area contributed by atoms with Gasteiger partial charge in [-0.3, -0.25) is 23.4 Å². The van der Waals surface area contributed by atoms with Gasteiger partial charge in [0.2, 0.25) is 0 Å². The maximum absolute atomic E-state index is 12.6. The van der Waals surface area contributed by atoms with E-state index < -0.39 is 69.9 Å². The van der Waals surface area contributed by atoms with E-state index >= 15 is 0 Å². The first-order valence-electron chi connectivity index (χ1n) is 20.5. The molecule has 0 aliphatic carbocycles. The molecule has 0 aliphatic heterocycles. The molecule has 0 aliphatic rings. The summed E-state index contributed by atoms with van der Waals surface area (Å²) in [5.74, 6) is -2.57. The first-order chi connectivity index (χ1) is 26.9. The fourth-order valence-corrected chi connectivity index (χ4v) is 5.85. The van der Waals surface area contributed by atoms with Crippen LogP contribution < -0.4 is 5.73 Å². The van der Waals surface area contributed by atoms with Gasteiger partial charge in [-0.2, -0.15) is 0 Å². The maximum Gasteiger partial charge on any atom is 0.472 e. The Labute approximate surface area is 335 Å². The van der Waals surface area contributed by atoms with E-state index in [-0.39, 0.29) is 12.8 Å². The zero-order valence-corrected chi connectivity index (χ0v) is 34.8. The SMILES string of the molecule is CC/C=C\C/C=C\C/C=C\C/C=C\CCCCC(=O)O[C@H](COC(=O)CCCCCCC[C@@H](O)[C@H](O)C/C=C\CCCCC)COP(=O)(O)OC[C@H](N)C(=O)O. The summed E-state index contributed by atoms with van der Waals surface area (Å²) < 4.78 is 32.5. The topological polar surface area (TPSA) is 212 Å². The van der Waals surface area contributed by atoms with Gasteiger partial charge in [0.15, 0.2) is 6.10 Å². The molecule has 0 saturated carbocycles. The molecule has 5 atom stereocenters. The molecule has 0 amide bonds. The van der Waals surface area contributed by atoms with Crippen molar-refractivity contribution in [2.24, 2.45) is 5.73 Å². The highest BCUT2D eigenvalue weighted by atomic mass is 31.2. The number of hydrogen-bond donors (Lipinski definition) is 5. The number of phosphoric ester groups is 1. The third-order valence-electron chi connectivity index (χ3n) is 8.45. The summed E-state index contributed by atoms with van der Waals surface area (Å²) in [5, 5.41) is 29.3. The summed E-state index contributed by atoms with van der Waals surface area (Å²) in [6.45, 7) is 2.41. The van der Waals surface area contributed by atoms with Crippen molar-refractivity contribution in [1.82, 2.24) is 0 Å². The summed E-state index contributed by atoms with van der Waals surface area (Å²) in [7, 11) is -4.76. The maximum atomic E-state index is 12.6. The molecule has 1 unspecified atom stereocenters. The van der Waals surface area contributed by atoms with Crippen molar-refractivity contribution in [2.75, 3.05) is 19.8 Å². The molecule has 0 saturated heterocycles. The molecule has 14 heteroatoms. The van der Waals surface area contributed by atoms with Gasteiger partial charge in [-0.1, -0.05) is 113 Å². The van der Waals surface area contributed by atoms with Crippen molar-refractivity contribution in [1.29, 1.82) is 0 Å². The quantitative estimate of drug-likeness (QED) is 0.0173. The number of aliphatic carboxylic acids is 1. The van der Waals surface area contributed by atoms with Crippen LogP contribution in [-0.2, 0) is 37.5 Å². The van der Waals surface area contributed by atoms with Crippen molar-refractivity contribution >= 4 is 25.7 Å². The largest absolute Gasteiger partial charge is 0.480 e. The van der Waals surface area contributed by atoms with Crippen LogP contribution in [0.15, 0.2) is 60.8 Å². The monoisotopic (exact) mass is 813 g/mol. The summed E-state index contributed by atoms with van der Waals surface area (Å²) in [5.41, 5.74) is 5.31. The van der Waals surface area contributed by atoms with Crippen molar-refractivity contribution in [2.45, 2.75) is 167 Å². The van der Waals surface area contributed by atoms with E-state index in [1.54, 1.807) is 0 Å². The second-order valence-electron chi connectivity index (χ2n) is 13.7. The predicted octanol–water partition coefficient (Wildman–Crippen LogP) is 8.33. The Morgan fingerprint density at radius 1 is 0.643 bits per heavy atom. The number of ether oxygens (including phenoxy) is 2. The third kappa shape index (κ3) is 34.4. The predicted molar refractivity (Wildman–Crippen MR) is 220 cm³/mol. The number of esters is 2. The van der Waals surface area contributed by atoms with Crippen LogP contribution in [0.25, 0.3) is 0 Å². The van der Waals surface area contributed by atoms with E-state index in [0.29, 0.717) is 25.7 Å². The highest BCUT2D eigenvalue weighted by Crippen LogP contribution is 2.43. The molecule has 322 valence electrons. The van der Waals surface area contributed by atoms with Gasteiger partial charge in [0.1, 0.15) is 12.6 Å². The lowest BCUT2D eigenvalue weighted by molar-refractivity contribution is -0.161. The van der Waals surface area contributed by atoms with Crippen molar-refractivity contribution in [3.05, 3.63) is 60.8 Å². The van der Waals surface area contributed by atoms with Crippen molar-refractivity contribution in [3.63, 3.8) is 0 Å². The molecular formula is C42H72NO12P. The van der Waals surface area contributed by atoms with E-state index in [1.807, 2.05) is 6.08 Å². The van der Waals surface area contributed by atoms with Gasteiger partial charge >= 0.3 is 25.7 Å². The summed E-state index contributed by atoms with van der Waals surface area (Å²) in [6.07, 6.45) is 33.2. The van der Waals surface area contributed by atoms with Crippen LogP contribution in [0, 0.1) is 0 Å². The van der Waals surface area contributed by atoms with Crippen LogP contribution in [0.5, 0.6) is 0 Å². The number of carbonyl (C=O) groups excluding carboxylic acids is 2. The lowest BCUT2D eigenvalue weighted by Crippen LogP contribution is -2.34. The van der Waals surface area contributed by atoms with E-state index in [4.69, 9.17) is 24.8 Å². The van der Waals surface area contributed by atoms with Crippen LogP contribution in [0.3, 0.4) is 0 Å². The first-order valence-corrected chi connectivity index (χ1v) is 22.0. The lowest BCUT2D eigenvalue weighted by Gasteiger charge is -2.20. The Morgan fingerprint density at radius 3 is 1.82 bits per heavy atom. The summed E-state index contributed by atoms with van der Waals surface area (Å²) in [4.78, 5) is 45.9. The number of carboxylic acid groups (broad SMARTS) is 1. The number of carboxylic acids is 1. The molecule has 13 nitrogen and oxygen atoms in total. The minimum atomic E-state index is -4.76. The fraction of sp³-hybridized carbons (Fsp3) is 0.690. The number of carbonyl (C=O) groups is 3. The Bertz CT molecular complexity index is 1220. The molecular weight excluding hydrogens is 741 g/mol. The molecule has 0 aromatic carbocycles. The van der Waals surface area contributed by atoms with Crippen LogP contribution in [0.4, 0.5) is 0 Å². The molecule has 0 aromatic heterocycles. The highest BCUT2D eigenvalue weighted by Gasteiger charge is 2.28. The average Bonchev–Trinajstić information content (AvgIpc) is 3.17. The van der Waals surface area contributed by atoms with Gasteiger partial charge in [0, 0.05) is 12.8 Å². The van der Waals surface area contributed by atoms with E-state index in [1.165, 1.54) is 6.42 Å². The van der Waals surface area contributed by atoms with Crippen molar-refractivity contribution in [3.8, 4) is 0 Å². The summed E-state index contributed by atoms with van der Waals surface area (Å²) >= 11 is 0. The molecule has 0 rings (SSSR count). The van der Waals surface area contributed by atoms with Gasteiger partial charge in [0.25, 0.3) is 0 Å². The lowest BCUT2D eigenvalue weighted by atomic mass is 10.0. The number of nitrogens with two attached hydrogens (primary N) is 1. The van der Waals surface area contributed by atoms with Gasteiger partial charge < -0.3 is 35.4 Å². The van der Waals surface area contributed by atoms with E-state index in [0.717, 1.165) is 83.5 Å². The molecule has 0 heterocycles. The second-order valence-corrected chi connectivity index (χ2v) is 15.1. The van der Waals surface area contributed by atoms with Gasteiger partial charge in [0.05, 0.1) is 25.4 Å². The Kier molecular flexibility index (Phi) is 34.6. The van der Waals surface area contributed by atoms with Gasteiger partial charge in [-0.15, -0.1) is 0 Å². The fourth-order valence-electron chi connectivity index (χ4n) is 5.08. The molecule has 0 spiro atoms. The van der Waals surface area contributed by atoms with Gasteiger partial charge in [-0.05, 0) is 77.0 Å². The molecule has 6 N–H and O–H groups in total. The second kappa shape index (κ2) is 36.4. The number of allylic oxidation sites excluding steroid dienone is 9. The average molecular weight is 814 g/mol. The Hall–Kier alpha value is -2.90. The van der Waals surface area contributed by atoms with Gasteiger partial charge in [-0.25, -0.2) is 4.57 Å². The van der Waals surface area contributed by atoms with Crippen molar-refractivity contribution < 1.29 is 57.7 Å². The molecule has 0 bridgehead atoms. The third-order valence-corrected chi connectivity index (χ3v) is 9.40. The number of aliphatic hydroxyl groups excluding tert-OH is 2. The van der Waals surface area contributed by atoms with Crippen LogP contribution in [0.1, 0.15) is 142 Å². The standard InChI is InChI=1S/C42H72NO12P/c1-3-5-7-9-11-12-13-14-15-16-17-18-19-23-28-32-41(47)55-36(34-53-56(50,51)54-35-37(43)42(48)49)33-52-40(46)31-27-24-20-22-26-30-39(45)38(44)29-25-21-10-8-6-4-2/h5,7,11-12,14-15,17-18,21,25,36-39,44-45H,3-4,6,8-10,13,16,19-20,22-24,26-35,43H2,1-2H3,(H,48,49)(H,50,51)/b7-5-,12-11-,15-14-,18-17-,25-21-/t36-,37+,38-,39-/m1/s1. The highest BCUT2D eigenvalue weighted by molar-refractivity contribution is 7.47. The first kappa shape index (κ1) is 53.1. The number of rotatable bonds is 37. The minimum Gasteiger partial charge on any atom is -0.480 e. The molecule has 0 fully saturated rings. The number of aliphatic hydroxyl groups is 2. The zero-order chi connectivity index (χ0) is 41.7.